The zero-order chi connectivity index (χ0) is 24.6. The van der Waals surface area contributed by atoms with E-state index in [9.17, 15) is 55.1 Å². The third kappa shape index (κ3) is 10.5. The van der Waals surface area contributed by atoms with Gasteiger partial charge in [-0.1, -0.05) is 0 Å². The first-order valence-electron chi connectivity index (χ1n) is 7.17. The van der Waals surface area contributed by atoms with Gasteiger partial charge in [0.1, 0.15) is 13.2 Å². The summed E-state index contributed by atoms with van der Waals surface area (Å²) in [4.78, 5) is 65.8. The largest absolute Gasteiger partial charge is 0.490 e. The Bertz CT molecular complexity index is 676. The first-order chi connectivity index (χ1) is 13.9. The highest BCUT2D eigenvalue weighted by atomic mass is 19.4. The van der Waals surface area contributed by atoms with Crippen molar-refractivity contribution in [1.29, 1.82) is 0 Å². The zero-order valence-electron chi connectivity index (χ0n) is 14.4. The molecule has 0 aromatic rings. The minimum absolute atomic E-state index is 1.22. The Morgan fingerprint density at radius 3 is 1.19 bits per heavy atom. The Morgan fingerprint density at radius 1 is 0.677 bits per heavy atom. The molecule has 2 atom stereocenters. The lowest BCUT2D eigenvalue weighted by Gasteiger charge is -2.19. The molecule has 0 aliphatic carbocycles. The van der Waals surface area contributed by atoms with E-state index >= 15 is 0 Å². The summed E-state index contributed by atoms with van der Waals surface area (Å²) in [5.41, 5.74) is 0. The second-order valence-corrected chi connectivity index (χ2v) is 4.94. The van der Waals surface area contributed by atoms with Crippen molar-refractivity contribution in [3.8, 4) is 0 Å². The smallest absolute Gasteiger partial charge is 0.465 e. The van der Waals surface area contributed by atoms with Crippen LogP contribution in [0.3, 0.4) is 0 Å². The van der Waals surface area contributed by atoms with Crippen molar-refractivity contribution in [3.63, 3.8) is 0 Å². The van der Waals surface area contributed by atoms with Crippen molar-refractivity contribution in [3.05, 3.63) is 0 Å². The molecule has 0 saturated carbocycles. The molecular formula is C12H10F6N2O11. The number of rotatable bonds is 8. The van der Waals surface area contributed by atoms with E-state index in [2.05, 4.69) is 14.2 Å². The normalized spacial score (nSPS) is 13.2. The molecule has 176 valence electrons. The van der Waals surface area contributed by atoms with E-state index in [0.29, 0.717) is 0 Å². The van der Waals surface area contributed by atoms with Gasteiger partial charge in [0.15, 0.2) is 12.1 Å². The van der Waals surface area contributed by atoms with Gasteiger partial charge in [-0.15, -0.1) is 0 Å². The summed E-state index contributed by atoms with van der Waals surface area (Å²) in [5, 5.41) is 19.5. The molecule has 0 heterocycles. The fraction of sp³-hybridized carbons (Fsp3) is 0.500. The van der Waals surface area contributed by atoms with Gasteiger partial charge in [-0.3, -0.25) is 0 Å². The molecule has 0 unspecified atom stereocenters. The molecule has 13 nitrogen and oxygen atoms in total. The lowest BCUT2D eigenvalue weighted by Crippen LogP contribution is -2.50. The van der Waals surface area contributed by atoms with Gasteiger partial charge in [-0.05, 0) is 0 Å². The maximum Gasteiger partial charge on any atom is 0.490 e. The summed E-state index contributed by atoms with van der Waals surface area (Å²) in [6.45, 7) is -3.28. The van der Waals surface area contributed by atoms with Crippen LogP contribution in [0.25, 0.3) is 0 Å². The maximum atomic E-state index is 12.1. The number of ether oxygens (including phenoxy) is 3. The van der Waals surface area contributed by atoms with E-state index < -0.39 is 73.7 Å². The highest BCUT2D eigenvalue weighted by molar-refractivity contribution is 5.93. The van der Waals surface area contributed by atoms with Crippen LogP contribution in [-0.4, -0.2) is 83.9 Å². The maximum absolute atomic E-state index is 12.1. The number of hydrogen-bond donors (Lipinski definition) is 4. The molecule has 0 bridgehead atoms. The summed E-state index contributed by atoms with van der Waals surface area (Å²) < 4.78 is 83.6. The van der Waals surface area contributed by atoms with Crippen LogP contribution < -0.4 is 10.6 Å². The highest BCUT2D eigenvalue weighted by Crippen LogP contribution is 2.17. The summed E-state index contributed by atoms with van der Waals surface area (Å²) in [5.74, 6) is -9.79. The van der Waals surface area contributed by atoms with E-state index in [-0.39, 0.29) is 0 Å². The second kappa shape index (κ2) is 10.8. The molecule has 0 aliphatic heterocycles. The fourth-order valence-corrected chi connectivity index (χ4v) is 1.36. The Kier molecular flexibility index (Phi) is 9.50. The molecule has 0 aromatic heterocycles. The number of amides is 2. The Hall–Kier alpha value is -3.80. The predicted octanol–water partition coefficient (Wildman–Crippen LogP) is -0.460. The van der Waals surface area contributed by atoms with E-state index in [1.54, 1.807) is 0 Å². The van der Waals surface area contributed by atoms with Crippen LogP contribution in [0.1, 0.15) is 0 Å². The molecule has 0 aliphatic rings. The average molecular weight is 472 g/mol. The number of carbonyl (C=O) groups excluding carboxylic acids is 4. The van der Waals surface area contributed by atoms with E-state index in [4.69, 9.17) is 10.2 Å². The standard InChI is InChI=1S/C12H10F6N2O11/c13-11(14,15)7(23)29-1-3(19-9(25)26)5(21)31-6(22)4(20-10(27)28)2-30-8(24)12(16,17)18/h3-4,19-20H,1-2H2,(H,25,26)(H,27,28)/t3-,4-/m0/s1. The van der Waals surface area contributed by atoms with Crippen molar-refractivity contribution in [2.45, 2.75) is 24.4 Å². The zero-order valence-corrected chi connectivity index (χ0v) is 14.4. The van der Waals surface area contributed by atoms with Crippen LogP contribution in [-0.2, 0) is 33.4 Å². The number of alkyl halides is 6. The number of carboxylic acid groups (broad SMARTS) is 2. The molecule has 0 fully saturated rings. The van der Waals surface area contributed by atoms with Gasteiger partial charge < -0.3 is 35.1 Å². The quantitative estimate of drug-likeness (QED) is 0.154. The van der Waals surface area contributed by atoms with Crippen molar-refractivity contribution in [2.24, 2.45) is 0 Å². The van der Waals surface area contributed by atoms with E-state index in [1.807, 2.05) is 0 Å². The first kappa shape index (κ1) is 27.2. The van der Waals surface area contributed by atoms with Crippen LogP contribution >= 0.6 is 0 Å². The van der Waals surface area contributed by atoms with Crippen LogP contribution in [0.2, 0.25) is 0 Å². The number of esters is 4. The monoisotopic (exact) mass is 472 g/mol. The summed E-state index contributed by atoms with van der Waals surface area (Å²) in [6.07, 6.45) is -15.2. The molecule has 2 amide bonds. The molecule has 4 N–H and O–H groups in total. The summed E-state index contributed by atoms with van der Waals surface area (Å²) in [7, 11) is 0. The van der Waals surface area contributed by atoms with Crippen molar-refractivity contribution < 1.29 is 79.5 Å². The van der Waals surface area contributed by atoms with E-state index in [1.165, 1.54) is 10.6 Å². The third-order valence-corrected chi connectivity index (χ3v) is 2.59. The Balaban J connectivity index is 5.24. The van der Waals surface area contributed by atoms with Gasteiger partial charge in [0, 0.05) is 0 Å². The first-order valence-corrected chi connectivity index (χ1v) is 7.17. The second-order valence-electron chi connectivity index (χ2n) is 4.94. The number of halogens is 6. The molecule has 19 heteroatoms. The van der Waals surface area contributed by atoms with Gasteiger partial charge in [0.25, 0.3) is 0 Å². The lowest BCUT2D eigenvalue weighted by atomic mass is 10.3. The van der Waals surface area contributed by atoms with Crippen LogP contribution in [0.4, 0.5) is 35.9 Å². The van der Waals surface area contributed by atoms with Gasteiger partial charge in [-0.25, -0.2) is 28.8 Å². The SMILES string of the molecule is O=C(O)N[C@@H](COC(=O)C(F)(F)F)C(=O)OC(=O)[C@H](COC(=O)C(F)(F)F)NC(=O)O. The van der Waals surface area contributed by atoms with Crippen LogP contribution in [0.15, 0.2) is 0 Å². The molecule has 0 radical (unpaired) electrons. The van der Waals surface area contributed by atoms with Crippen LogP contribution in [0, 0.1) is 0 Å². The molecule has 0 aromatic carbocycles. The van der Waals surface area contributed by atoms with Crippen LogP contribution in [0.5, 0.6) is 0 Å². The summed E-state index contributed by atoms with van der Waals surface area (Å²) in [6, 6.07) is -4.90. The number of nitrogens with one attached hydrogen (secondary N) is 2. The van der Waals surface area contributed by atoms with Gasteiger partial charge in [0.2, 0.25) is 0 Å². The molecule has 0 rings (SSSR count). The molecular weight excluding hydrogens is 462 g/mol. The summed E-state index contributed by atoms with van der Waals surface area (Å²) >= 11 is 0. The highest BCUT2D eigenvalue weighted by Gasteiger charge is 2.43. The van der Waals surface area contributed by atoms with Crippen molar-refractivity contribution in [1.82, 2.24) is 10.6 Å². The Morgan fingerprint density at radius 2 is 0.968 bits per heavy atom. The predicted molar refractivity (Wildman–Crippen MR) is 75.0 cm³/mol. The van der Waals surface area contributed by atoms with Crippen molar-refractivity contribution in [2.75, 3.05) is 13.2 Å². The Labute approximate surface area is 165 Å². The van der Waals surface area contributed by atoms with Gasteiger partial charge in [-0.2, -0.15) is 26.3 Å². The molecule has 0 saturated heterocycles. The molecule has 31 heavy (non-hydrogen) atoms. The number of carbonyl (C=O) groups is 6. The van der Waals surface area contributed by atoms with Crippen molar-refractivity contribution >= 4 is 36.1 Å². The minimum Gasteiger partial charge on any atom is -0.465 e. The topological polar surface area (TPSA) is 195 Å². The minimum atomic E-state index is -5.54. The molecule has 0 spiro atoms. The third-order valence-electron chi connectivity index (χ3n) is 2.59. The van der Waals surface area contributed by atoms with E-state index in [0.717, 1.165) is 0 Å². The average Bonchev–Trinajstić information content (AvgIpc) is 2.58. The van der Waals surface area contributed by atoms with Gasteiger partial charge >= 0.3 is 48.4 Å². The fourth-order valence-electron chi connectivity index (χ4n) is 1.36. The lowest BCUT2D eigenvalue weighted by molar-refractivity contribution is -0.201. The number of hydrogen-bond acceptors (Lipinski definition) is 9. The van der Waals surface area contributed by atoms with Gasteiger partial charge in [0.05, 0.1) is 0 Å².